The highest BCUT2D eigenvalue weighted by Gasteiger charge is 2.53. The number of fused-ring (bicyclic) bond motifs is 1. The van der Waals surface area contributed by atoms with Crippen LogP contribution < -0.4 is 10.2 Å². The maximum absolute atomic E-state index is 14.9. The van der Waals surface area contributed by atoms with Crippen molar-refractivity contribution in [2.45, 2.75) is 38.1 Å². The van der Waals surface area contributed by atoms with Crippen molar-refractivity contribution in [2.75, 3.05) is 16.8 Å². The van der Waals surface area contributed by atoms with E-state index in [1.165, 1.54) is 34.4 Å². The molecule has 1 saturated heterocycles. The van der Waals surface area contributed by atoms with E-state index in [2.05, 4.69) is 30.4 Å². The number of alkyl halides is 5. The minimum atomic E-state index is -5.29. The molecular weight excluding hydrogens is 646 g/mol. The topological polar surface area (TPSA) is 139 Å². The molecule has 2 fully saturated rings. The highest BCUT2D eigenvalue weighted by molar-refractivity contribution is 6.31. The monoisotopic (exact) mass is 666 g/mol. The normalized spacial score (nSPS) is 18.9. The van der Waals surface area contributed by atoms with Gasteiger partial charge in [0, 0.05) is 47.7 Å². The van der Waals surface area contributed by atoms with E-state index in [1.807, 2.05) is 0 Å². The fraction of sp³-hybridized carbons (Fsp3) is 0.321. The molecule has 0 radical (unpaired) electrons. The fourth-order valence-corrected chi connectivity index (χ4v) is 5.31. The van der Waals surface area contributed by atoms with Crippen LogP contribution in [0.25, 0.3) is 11.3 Å². The standard InChI is InChI=1S/C28H21ClF6N8O3/c1-11(13-5-37-27(38-6-13)42-9-12-4-16(12)26(42)46)43-10-14(7-39-43)40-25(45)22-21(23(44)28(33,34)35)36-8-18(41-22)19-15(24(31)32)2-3-17(29)20(19)30/h2-3,5-8,10-12,16,23-24,44H,4,9H2,1H3,(H,40,45)/t11-,12+,16+,23+/m0/s1. The number of benzene rings is 1. The second-order valence-corrected chi connectivity index (χ2v) is 11.2. The highest BCUT2D eigenvalue weighted by Crippen LogP contribution is 2.46. The van der Waals surface area contributed by atoms with E-state index < -0.39 is 69.7 Å². The predicted octanol–water partition coefficient (Wildman–Crippen LogP) is 5.30. The van der Waals surface area contributed by atoms with E-state index in [0.29, 0.717) is 24.2 Å². The molecule has 1 saturated carbocycles. The van der Waals surface area contributed by atoms with Gasteiger partial charge in [0.1, 0.15) is 5.69 Å². The Bertz CT molecular complexity index is 1840. The summed E-state index contributed by atoms with van der Waals surface area (Å²) in [5, 5.41) is 15.8. The number of anilines is 2. The fourth-order valence-electron chi connectivity index (χ4n) is 5.15. The minimum absolute atomic E-state index is 0.00782. The summed E-state index contributed by atoms with van der Waals surface area (Å²) in [6, 6.07) is 1.15. The summed E-state index contributed by atoms with van der Waals surface area (Å²) in [4.78, 5) is 42.8. The Morgan fingerprint density at radius 2 is 1.85 bits per heavy atom. The molecule has 4 atom stereocenters. The van der Waals surface area contributed by atoms with Crippen LogP contribution in [0.5, 0.6) is 0 Å². The van der Waals surface area contributed by atoms with Gasteiger partial charge in [-0.25, -0.2) is 28.1 Å². The molecule has 0 spiro atoms. The van der Waals surface area contributed by atoms with Crippen LogP contribution in [0.4, 0.5) is 38.0 Å². The van der Waals surface area contributed by atoms with Crippen LogP contribution in [-0.4, -0.2) is 59.4 Å². The van der Waals surface area contributed by atoms with Crippen LogP contribution in [-0.2, 0) is 4.79 Å². The maximum Gasteiger partial charge on any atom is 0.420 e. The van der Waals surface area contributed by atoms with Gasteiger partial charge >= 0.3 is 6.18 Å². The van der Waals surface area contributed by atoms with E-state index in [0.717, 1.165) is 18.6 Å². The molecule has 3 aromatic heterocycles. The minimum Gasteiger partial charge on any atom is -0.378 e. The lowest BCUT2D eigenvalue weighted by Gasteiger charge is -2.18. The lowest BCUT2D eigenvalue weighted by molar-refractivity contribution is -0.208. The van der Waals surface area contributed by atoms with Crippen molar-refractivity contribution in [3.05, 3.63) is 76.5 Å². The summed E-state index contributed by atoms with van der Waals surface area (Å²) < 4.78 is 84.0. The van der Waals surface area contributed by atoms with Gasteiger partial charge < -0.3 is 10.4 Å². The molecule has 46 heavy (non-hydrogen) atoms. The molecule has 0 bridgehead atoms. The number of piperidine rings is 1. The van der Waals surface area contributed by atoms with Gasteiger partial charge in [0.2, 0.25) is 11.9 Å². The Kier molecular flexibility index (Phi) is 7.92. The van der Waals surface area contributed by atoms with E-state index in [4.69, 9.17) is 11.6 Å². The zero-order valence-corrected chi connectivity index (χ0v) is 24.1. The molecule has 11 nitrogen and oxygen atoms in total. The maximum atomic E-state index is 14.9. The largest absolute Gasteiger partial charge is 0.420 e. The third-order valence-corrected chi connectivity index (χ3v) is 8.06. The summed E-state index contributed by atoms with van der Waals surface area (Å²) in [6.45, 7) is 2.29. The quantitative estimate of drug-likeness (QED) is 0.242. The molecule has 1 aliphatic carbocycles. The Morgan fingerprint density at radius 1 is 1.13 bits per heavy atom. The molecule has 1 aromatic carbocycles. The predicted molar refractivity (Wildman–Crippen MR) is 148 cm³/mol. The van der Waals surface area contributed by atoms with Gasteiger partial charge in [-0.15, -0.1) is 0 Å². The first-order valence-electron chi connectivity index (χ1n) is 13.6. The first-order chi connectivity index (χ1) is 21.7. The third-order valence-electron chi connectivity index (χ3n) is 7.76. The van der Waals surface area contributed by atoms with Crippen molar-refractivity contribution in [3.8, 4) is 11.3 Å². The lowest BCUT2D eigenvalue weighted by atomic mass is 10.0. The Labute approximate surface area is 260 Å². The van der Waals surface area contributed by atoms with Crippen LogP contribution in [0.2, 0.25) is 5.02 Å². The van der Waals surface area contributed by atoms with Crippen LogP contribution >= 0.6 is 11.6 Å². The zero-order chi connectivity index (χ0) is 33.1. The summed E-state index contributed by atoms with van der Waals surface area (Å²) in [5.74, 6) is -2.05. The number of halogens is 7. The average Bonchev–Trinajstić information content (AvgIpc) is 3.52. The van der Waals surface area contributed by atoms with Crippen molar-refractivity contribution in [2.24, 2.45) is 11.8 Å². The zero-order valence-electron chi connectivity index (χ0n) is 23.4. The number of hydrogen-bond acceptors (Lipinski definition) is 8. The number of aromatic nitrogens is 6. The first kappa shape index (κ1) is 31.3. The van der Waals surface area contributed by atoms with Crippen molar-refractivity contribution < 1.29 is 41.0 Å². The van der Waals surface area contributed by atoms with Crippen LogP contribution in [0.15, 0.2) is 43.1 Å². The van der Waals surface area contributed by atoms with Crippen molar-refractivity contribution in [1.29, 1.82) is 0 Å². The van der Waals surface area contributed by atoms with Gasteiger partial charge in [-0.2, -0.15) is 18.3 Å². The van der Waals surface area contributed by atoms with Crippen molar-refractivity contribution in [1.82, 2.24) is 29.7 Å². The van der Waals surface area contributed by atoms with E-state index in [-0.39, 0.29) is 23.5 Å². The molecule has 4 aromatic rings. The van der Waals surface area contributed by atoms with Gasteiger partial charge in [0.15, 0.2) is 17.6 Å². The molecule has 4 heterocycles. The number of aliphatic hydroxyl groups is 1. The molecule has 240 valence electrons. The van der Waals surface area contributed by atoms with Gasteiger partial charge in [-0.05, 0) is 25.3 Å². The molecule has 1 aliphatic heterocycles. The second kappa shape index (κ2) is 11.6. The molecule has 0 unspecified atom stereocenters. The number of carbonyl (C=O) groups excluding carboxylic acids is 2. The Balaban J connectivity index is 1.26. The number of amides is 2. The van der Waals surface area contributed by atoms with Gasteiger partial charge in [0.25, 0.3) is 12.3 Å². The van der Waals surface area contributed by atoms with Gasteiger partial charge in [-0.3, -0.25) is 24.2 Å². The van der Waals surface area contributed by atoms with Crippen LogP contribution in [0.1, 0.15) is 59.2 Å². The summed E-state index contributed by atoms with van der Waals surface area (Å²) in [5.41, 5.74) is -4.31. The number of hydrogen-bond donors (Lipinski definition) is 2. The van der Waals surface area contributed by atoms with Crippen molar-refractivity contribution in [3.63, 3.8) is 0 Å². The van der Waals surface area contributed by atoms with E-state index >= 15 is 0 Å². The number of carbonyl (C=O) groups is 2. The van der Waals surface area contributed by atoms with Crippen molar-refractivity contribution >= 4 is 35.1 Å². The highest BCUT2D eigenvalue weighted by atomic mass is 35.5. The Morgan fingerprint density at radius 3 is 2.48 bits per heavy atom. The van der Waals surface area contributed by atoms with Crippen LogP contribution in [0, 0.1) is 17.7 Å². The van der Waals surface area contributed by atoms with E-state index in [1.54, 1.807) is 6.92 Å². The number of aliphatic hydroxyl groups excluding tert-OH is 1. The molecular formula is C28H21ClF6N8O3. The lowest BCUT2D eigenvalue weighted by Crippen LogP contribution is -2.29. The molecule has 2 aliphatic rings. The SMILES string of the molecule is C[C@@H](c1cnc(N2C[C@H]3C[C@H]3C2=O)nc1)n1cc(NC(=O)c2nc(-c3c(C(F)F)ccc(Cl)c3F)cnc2[C@@H](O)C(F)(F)F)cn1. The number of rotatable bonds is 8. The smallest absolute Gasteiger partial charge is 0.378 e. The summed E-state index contributed by atoms with van der Waals surface area (Å²) >= 11 is 5.74. The molecule has 18 heteroatoms. The molecule has 2 N–H and O–H groups in total. The third kappa shape index (κ3) is 5.75. The average molecular weight is 667 g/mol. The molecule has 2 amide bonds. The summed E-state index contributed by atoms with van der Waals surface area (Å²) in [7, 11) is 0. The molecule has 6 rings (SSSR count). The van der Waals surface area contributed by atoms with Gasteiger partial charge in [0.05, 0.1) is 34.8 Å². The van der Waals surface area contributed by atoms with Crippen LogP contribution in [0.3, 0.4) is 0 Å². The second-order valence-electron chi connectivity index (χ2n) is 10.8. The number of nitrogens with one attached hydrogen (secondary N) is 1. The first-order valence-corrected chi connectivity index (χ1v) is 14.0. The number of nitrogens with zero attached hydrogens (tertiary/aromatic N) is 7. The Hall–Kier alpha value is -4.64. The van der Waals surface area contributed by atoms with Gasteiger partial charge in [-0.1, -0.05) is 17.7 Å². The van der Waals surface area contributed by atoms with E-state index in [9.17, 15) is 41.0 Å². The summed E-state index contributed by atoms with van der Waals surface area (Å²) in [6.07, 6.45) is -4.90.